The van der Waals surface area contributed by atoms with Gasteiger partial charge in [0, 0.05) is 19.5 Å². The van der Waals surface area contributed by atoms with Gasteiger partial charge in [0.25, 0.3) is 5.91 Å². The van der Waals surface area contributed by atoms with Crippen molar-refractivity contribution in [3.05, 3.63) is 42.0 Å². The summed E-state index contributed by atoms with van der Waals surface area (Å²) in [7, 11) is 0. The largest absolute Gasteiger partial charge is 0.441 e. The first kappa shape index (κ1) is 16.7. The highest BCUT2D eigenvalue weighted by atomic mass is 16.3. The number of rotatable bonds is 6. The predicted molar refractivity (Wildman–Crippen MR) is 95.7 cm³/mol. The molecule has 26 heavy (non-hydrogen) atoms. The smallest absolute Gasteiger partial charge is 0.273 e. The van der Waals surface area contributed by atoms with Crippen LogP contribution < -0.4 is 10.6 Å². The van der Waals surface area contributed by atoms with Gasteiger partial charge in [-0.25, -0.2) is 4.98 Å². The zero-order valence-electron chi connectivity index (χ0n) is 14.5. The number of amides is 1. The lowest BCUT2D eigenvalue weighted by Gasteiger charge is -2.22. The lowest BCUT2D eigenvalue weighted by Crippen LogP contribution is -2.32. The lowest BCUT2D eigenvalue weighted by molar-refractivity contribution is 0.0948. The Hall–Kier alpha value is -2.74. The fourth-order valence-electron chi connectivity index (χ4n) is 3.24. The molecule has 1 atom stereocenters. The van der Waals surface area contributed by atoms with E-state index in [-0.39, 0.29) is 5.91 Å². The summed E-state index contributed by atoms with van der Waals surface area (Å²) in [4.78, 5) is 16.6. The molecule has 2 aromatic heterocycles. The summed E-state index contributed by atoms with van der Waals surface area (Å²) in [5.74, 6) is 0.926. The molecular formula is C18H22N6O2. The number of fused-ring (bicyclic) bond motifs is 1. The molecule has 1 aliphatic heterocycles. The number of benzene rings is 1. The van der Waals surface area contributed by atoms with E-state index in [2.05, 4.69) is 25.9 Å². The van der Waals surface area contributed by atoms with Crippen molar-refractivity contribution in [1.82, 2.24) is 30.6 Å². The minimum atomic E-state index is -0.228. The minimum absolute atomic E-state index is 0.228. The van der Waals surface area contributed by atoms with Gasteiger partial charge in [0.1, 0.15) is 5.52 Å². The lowest BCUT2D eigenvalue weighted by atomic mass is 10.00. The first-order valence-corrected chi connectivity index (χ1v) is 9.01. The van der Waals surface area contributed by atoms with Crippen molar-refractivity contribution < 1.29 is 9.21 Å². The third-order valence-electron chi connectivity index (χ3n) is 4.58. The molecule has 8 heteroatoms. The van der Waals surface area contributed by atoms with Crippen LogP contribution in [0.3, 0.4) is 0 Å². The third kappa shape index (κ3) is 3.91. The Morgan fingerprint density at radius 1 is 1.38 bits per heavy atom. The highest BCUT2D eigenvalue weighted by Crippen LogP contribution is 2.15. The molecule has 0 spiro atoms. The normalized spacial score (nSPS) is 17.5. The fraction of sp³-hybridized carbons (Fsp3) is 0.444. The van der Waals surface area contributed by atoms with Gasteiger partial charge >= 0.3 is 0 Å². The second-order valence-electron chi connectivity index (χ2n) is 6.62. The van der Waals surface area contributed by atoms with Crippen LogP contribution >= 0.6 is 0 Å². The van der Waals surface area contributed by atoms with Crippen LogP contribution in [0.4, 0.5) is 0 Å². The average Bonchev–Trinajstić information content (AvgIpc) is 3.29. The van der Waals surface area contributed by atoms with Gasteiger partial charge in [0.15, 0.2) is 17.2 Å². The van der Waals surface area contributed by atoms with Crippen LogP contribution in [0.2, 0.25) is 0 Å². The number of carbonyl (C=O) groups is 1. The molecule has 8 nitrogen and oxygen atoms in total. The molecule has 3 heterocycles. The molecule has 0 unspecified atom stereocenters. The van der Waals surface area contributed by atoms with Gasteiger partial charge in [-0.3, -0.25) is 9.48 Å². The second-order valence-corrected chi connectivity index (χ2v) is 6.62. The molecular weight excluding hydrogens is 332 g/mol. The maximum Gasteiger partial charge on any atom is 0.273 e. The molecule has 136 valence electrons. The van der Waals surface area contributed by atoms with Crippen LogP contribution in [0.5, 0.6) is 0 Å². The van der Waals surface area contributed by atoms with Crippen molar-refractivity contribution in [2.75, 3.05) is 19.6 Å². The Bertz CT molecular complexity index is 848. The summed E-state index contributed by atoms with van der Waals surface area (Å²) in [5.41, 5.74) is 1.93. The first-order valence-electron chi connectivity index (χ1n) is 9.01. The fourth-order valence-corrected chi connectivity index (χ4v) is 3.24. The minimum Gasteiger partial charge on any atom is -0.441 e. The van der Waals surface area contributed by atoms with Crippen LogP contribution in [0, 0.1) is 5.92 Å². The Balaban J connectivity index is 1.28. The first-order chi connectivity index (χ1) is 12.8. The van der Waals surface area contributed by atoms with Gasteiger partial charge in [-0.15, -0.1) is 5.10 Å². The molecule has 0 saturated carbocycles. The summed E-state index contributed by atoms with van der Waals surface area (Å²) >= 11 is 0. The molecule has 0 radical (unpaired) electrons. The number of aromatic nitrogens is 4. The highest BCUT2D eigenvalue weighted by molar-refractivity contribution is 5.91. The Labute approximate surface area is 151 Å². The summed E-state index contributed by atoms with van der Waals surface area (Å²) in [6.45, 7) is 3.30. The van der Waals surface area contributed by atoms with E-state index < -0.39 is 0 Å². The van der Waals surface area contributed by atoms with Crippen LogP contribution in [-0.4, -0.2) is 45.5 Å². The molecule has 1 aromatic carbocycles. The number of nitrogens with one attached hydrogen (secondary N) is 2. The third-order valence-corrected chi connectivity index (χ3v) is 4.58. The van der Waals surface area contributed by atoms with Crippen molar-refractivity contribution in [3.63, 3.8) is 0 Å². The molecule has 2 N–H and O–H groups in total. The standard InChI is InChI=1S/C18H22N6O2/c25-18(15-12-24(23-22-15)11-13-4-3-8-19-10-13)20-9-7-17-21-14-5-1-2-6-16(14)26-17/h1-2,5-6,12-13,19H,3-4,7-11H2,(H,20,25)/t13-/m0/s1. The van der Waals surface area contributed by atoms with E-state index in [9.17, 15) is 4.79 Å². The van der Waals surface area contributed by atoms with Crippen LogP contribution in [0.25, 0.3) is 11.1 Å². The molecule has 3 aromatic rings. The van der Waals surface area contributed by atoms with E-state index >= 15 is 0 Å². The quantitative estimate of drug-likeness (QED) is 0.694. The Morgan fingerprint density at radius 3 is 3.15 bits per heavy atom. The van der Waals surface area contributed by atoms with Gasteiger partial charge in [0.05, 0.1) is 6.20 Å². The van der Waals surface area contributed by atoms with E-state index in [0.29, 0.717) is 30.5 Å². The number of hydrogen-bond acceptors (Lipinski definition) is 6. The molecule has 1 aliphatic rings. The van der Waals surface area contributed by atoms with Crippen LogP contribution in [-0.2, 0) is 13.0 Å². The predicted octanol–water partition coefficient (Wildman–Crippen LogP) is 1.39. The van der Waals surface area contributed by atoms with E-state index in [1.54, 1.807) is 10.9 Å². The van der Waals surface area contributed by atoms with Gasteiger partial charge in [-0.1, -0.05) is 17.3 Å². The summed E-state index contributed by atoms with van der Waals surface area (Å²) in [5, 5.41) is 14.3. The SMILES string of the molecule is O=C(NCCc1nc2ccccc2o1)c1cn(C[C@H]2CCCNC2)nn1. The van der Waals surface area contributed by atoms with Crippen molar-refractivity contribution in [2.24, 2.45) is 5.92 Å². The van der Waals surface area contributed by atoms with Crippen molar-refractivity contribution in [1.29, 1.82) is 0 Å². The zero-order chi connectivity index (χ0) is 17.8. The maximum absolute atomic E-state index is 12.2. The molecule has 0 aliphatic carbocycles. The number of carbonyl (C=O) groups excluding carboxylic acids is 1. The summed E-state index contributed by atoms with van der Waals surface area (Å²) < 4.78 is 7.40. The summed E-state index contributed by atoms with van der Waals surface area (Å²) in [6, 6.07) is 7.61. The number of piperidine rings is 1. The topological polar surface area (TPSA) is 97.9 Å². The molecule has 1 fully saturated rings. The number of nitrogens with zero attached hydrogens (tertiary/aromatic N) is 4. The second kappa shape index (κ2) is 7.65. The maximum atomic E-state index is 12.2. The van der Waals surface area contributed by atoms with Gasteiger partial charge in [-0.05, 0) is 44.0 Å². The van der Waals surface area contributed by atoms with E-state index in [1.807, 2.05) is 24.3 Å². The highest BCUT2D eigenvalue weighted by Gasteiger charge is 2.16. The van der Waals surface area contributed by atoms with Gasteiger partial charge < -0.3 is 15.1 Å². The molecule has 0 bridgehead atoms. The zero-order valence-corrected chi connectivity index (χ0v) is 14.5. The summed E-state index contributed by atoms with van der Waals surface area (Å²) in [6.07, 6.45) is 4.60. The van der Waals surface area contributed by atoms with Crippen LogP contribution in [0.15, 0.2) is 34.9 Å². The van der Waals surface area contributed by atoms with Crippen molar-refractivity contribution >= 4 is 17.0 Å². The van der Waals surface area contributed by atoms with Crippen molar-refractivity contribution in [2.45, 2.75) is 25.8 Å². The van der Waals surface area contributed by atoms with E-state index in [4.69, 9.17) is 4.42 Å². The Kier molecular flexibility index (Phi) is 4.92. The van der Waals surface area contributed by atoms with Crippen LogP contribution in [0.1, 0.15) is 29.2 Å². The average molecular weight is 354 g/mol. The van der Waals surface area contributed by atoms with Gasteiger partial charge in [-0.2, -0.15) is 0 Å². The number of para-hydroxylation sites is 2. The monoisotopic (exact) mass is 354 g/mol. The number of oxazole rings is 1. The number of hydrogen-bond donors (Lipinski definition) is 2. The van der Waals surface area contributed by atoms with Gasteiger partial charge in [0.2, 0.25) is 0 Å². The van der Waals surface area contributed by atoms with Crippen molar-refractivity contribution in [3.8, 4) is 0 Å². The Morgan fingerprint density at radius 2 is 2.31 bits per heavy atom. The van der Waals surface area contributed by atoms with E-state index in [0.717, 1.165) is 30.7 Å². The van der Waals surface area contributed by atoms with E-state index in [1.165, 1.54) is 12.8 Å². The molecule has 4 rings (SSSR count). The molecule has 1 amide bonds. The molecule has 1 saturated heterocycles.